The first kappa shape index (κ1) is 20.0. The fourth-order valence-corrected chi connectivity index (χ4v) is 3.26. The number of methoxy groups -OCH3 is 1. The van der Waals surface area contributed by atoms with Gasteiger partial charge in [0.2, 0.25) is 5.78 Å². The molecular formula is C20H16N2O6S. The summed E-state index contributed by atoms with van der Waals surface area (Å²) >= 11 is 1.20. The average molecular weight is 412 g/mol. The number of ether oxygens (including phenoxy) is 1. The molecular weight excluding hydrogens is 396 g/mol. The number of amides is 2. The lowest BCUT2D eigenvalue weighted by atomic mass is 10.2. The summed E-state index contributed by atoms with van der Waals surface area (Å²) in [6, 6.07) is 12.5. The van der Waals surface area contributed by atoms with Crippen LogP contribution in [0.25, 0.3) is 0 Å². The molecule has 2 heterocycles. The minimum Gasteiger partial charge on any atom is -0.465 e. The normalized spacial score (nSPS) is 10.2. The van der Waals surface area contributed by atoms with Crippen molar-refractivity contribution in [2.24, 2.45) is 0 Å². The summed E-state index contributed by atoms with van der Waals surface area (Å²) in [4.78, 5) is 48.8. The molecule has 148 valence electrons. The van der Waals surface area contributed by atoms with E-state index in [4.69, 9.17) is 4.42 Å². The number of rotatable bonds is 6. The molecule has 1 aromatic carbocycles. The lowest BCUT2D eigenvalue weighted by molar-refractivity contribution is -0.136. The van der Waals surface area contributed by atoms with E-state index in [0.717, 1.165) is 0 Å². The second-order valence-corrected chi connectivity index (χ2v) is 6.95. The largest absolute Gasteiger partial charge is 0.465 e. The van der Waals surface area contributed by atoms with Crippen LogP contribution in [-0.4, -0.2) is 30.7 Å². The maximum absolute atomic E-state index is 12.2. The first-order valence-electron chi connectivity index (χ1n) is 8.42. The molecule has 0 atom stereocenters. The quantitative estimate of drug-likeness (QED) is 0.365. The molecule has 0 saturated carbocycles. The van der Waals surface area contributed by atoms with E-state index in [1.54, 1.807) is 24.3 Å². The third-order valence-electron chi connectivity index (χ3n) is 3.82. The van der Waals surface area contributed by atoms with E-state index < -0.39 is 17.8 Å². The number of nitrogens with one attached hydrogen (secondary N) is 2. The highest BCUT2D eigenvalue weighted by Crippen LogP contribution is 2.20. The molecule has 0 unspecified atom stereocenters. The number of furan rings is 1. The van der Waals surface area contributed by atoms with Gasteiger partial charge in [0.15, 0.2) is 5.76 Å². The molecule has 9 heteroatoms. The number of carbonyl (C=O) groups is 4. The van der Waals surface area contributed by atoms with Crippen LogP contribution in [0.3, 0.4) is 0 Å². The van der Waals surface area contributed by atoms with Crippen LogP contribution in [0.2, 0.25) is 0 Å². The van der Waals surface area contributed by atoms with Gasteiger partial charge in [0, 0.05) is 10.6 Å². The molecule has 2 aromatic heterocycles. The highest BCUT2D eigenvalue weighted by atomic mass is 32.1. The van der Waals surface area contributed by atoms with Crippen LogP contribution in [0.15, 0.2) is 59.2 Å². The van der Waals surface area contributed by atoms with E-state index in [1.165, 1.54) is 49.0 Å². The van der Waals surface area contributed by atoms with Crippen LogP contribution in [0.1, 0.15) is 30.7 Å². The zero-order valence-corrected chi connectivity index (χ0v) is 16.1. The van der Waals surface area contributed by atoms with Crippen LogP contribution >= 0.6 is 11.3 Å². The van der Waals surface area contributed by atoms with Gasteiger partial charge in [0.1, 0.15) is 0 Å². The van der Waals surface area contributed by atoms with E-state index in [9.17, 15) is 19.2 Å². The predicted octanol–water partition coefficient (Wildman–Crippen LogP) is 2.61. The summed E-state index contributed by atoms with van der Waals surface area (Å²) in [5.74, 6) is -2.18. The Bertz CT molecular complexity index is 1040. The monoisotopic (exact) mass is 412 g/mol. The molecule has 0 radical (unpaired) electrons. The van der Waals surface area contributed by atoms with Gasteiger partial charge in [-0.25, -0.2) is 4.79 Å². The van der Waals surface area contributed by atoms with E-state index in [-0.39, 0.29) is 18.1 Å². The Hall–Kier alpha value is -3.72. The van der Waals surface area contributed by atoms with Crippen molar-refractivity contribution in [1.82, 2.24) is 5.32 Å². The predicted molar refractivity (Wildman–Crippen MR) is 105 cm³/mol. The van der Waals surface area contributed by atoms with Gasteiger partial charge in [-0.3, -0.25) is 14.4 Å². The van der Waals surface area contributed by atoms with E-state index in [2.05, 4.69) is 15.4 Å². The Morgan fingerprint density at radius 2 is 1.76 bits per heavy atom. The SMILES string of the molecule is COC(=O)c1ccc(NC(=O)C(=O)NCc2ccc(C(=O)c3ccco3)s2)cc1. The van der Waals surface area contributed by atoms with Crippen molar-refractivity contribution in [2.75, 3.05) is 12.4 Å². The summed E-state index contributed by atoms with van der Waals surface area (Å²) in [5.41, 5.74) is 0.688. The number of hydrogen-bond acceptors (Lipinski definition) is 7. The number of carbonyl (C=O) groups excluding carboxylic acids is 4. The van der Waals surface area contributed by atoms with Crippen molar-refractivity contribution in [3.05, 3.63) is 75.9 Å². The molecule has 8 nitrogen and oxygen atoms in total. The van der Waals surface area contributed by atoms with Gasteiger partial charge in [-0.1, -0.05) is 0 Å². The first-order chi connectivity index (χ1) is 14.0. The second-order valence-electron chi connectivity index (χ2n) is 5.78. The van der Waals surface area contributed by atoms with Crippen molar-refractivity contribution in [3.63, 3.8) is 0 Å². The minimum absolute atomic E-state index is 0.101. The lowest BCUT2D eigenvalue weighted by Gasteiger charge is -2.06. The van der Waals surface area contributed by atoms with Gasteiger partial charge in [-0.05, 0) is 48.5 Å². The molecule has 0 aliphatic rings. The number of thiophene rings is 1. The molecule has 2 amide bonds. The summed E-state index contributed by atoms with van der Waals surface area (Å²) in [6.07, 6.45) is 1.42. The fraction of sp³-hybridized carbons (Fsp3) is 0.100. The highest BCUT2D eigenvalue weighted by molar-refractivity contribution is 7.14. The Morgan fingerprint density at radius 3 is 2.41 bits per heavy atom. The lowest BCUT2D eigenvalue weighted by Crippen LogP contribution is -2.34. The van der Waals surface area contributed by atoms with E-state index >= 15 is 0 Å². The molecule has 2 N–H and O–H groups in total. The van der Waals surface area contributed by atoms with Crippen LogP contribution < -0.4 is 10.6 Å². The smallest absolute Gasteiger partial charge is 0.337 e. The number of ketones is 1. The number of hydrogen-bond donors (Lipinski definition) is 2. The van der Waals surface area contributed by atoms with Crippen LogP contribution in [0.5, 0.6) is 0 Å². The molecule has 0 bridgehead atoms. The Balaban J connectivity index is 1.52. The third-order valence-corrected chi connectivity index (χ3v) is 4.91. The maximum Gasteiger partial charge on any atom is 0.337 e. The number of benzene rings is 1. The number of esters is 1. The summed E-state index contributed by atoms with van der Waals surface area (Å²) in [5, 5.41) is 4.93. The van der Waals surface area contributed by atoms with Crippen molar-refractivity contribution in [3.8, 4) is 0 Å². The molecule has 0 spiro atoms. The Morgan fingerprint density at radius 1 is 1.00 bits per heavy atom. The van der Waals surface area contributed by atoms with Gasteiger partial charge in [0.25, 0.3) is 0 Å². The van der Waals surface area contributed by atoms with Crippen LogP contribution in [-0.2, 0) is 20.9 Å². The molecule has 0 aliphatic carbocycles. The fourth-order valence-electron chi connectivity index (χ4n) is 2.37. The van der Waals surface area contributed by atoms with Gasteiger partial charge < -0.3 is 19.8 Å². The Labute approximate surface area is 169 Å². The molecule has 0 fully saturated rings. The molecule has 0 aliphatic heterocycles. The van der Waals surface area contributed by atoms with Crippen molar-refractivity contribution in [2.45, 2.75) is 6.54 Å². The summed E-state index contributed by atoms with van der Waals surface area (Å²) in [7, 11) is 1.27. The van der Waals surface area contributed by atoms with Gasteiger partial charge >= 0.3 is 17.8 Å². The molecule has 3 aromatic rings. The van der Waals surface area contributed by atoms with Gasteiger partial charge in [-0.2, -0.15) is 0 Å². The topological polar surface area (TPSA) is 115 Å². The zero-order valence-electron chi connectivity index (χ0n) is 15.3. The van der Waals surface area contributed by atoms with Crippen molar-refractivity contribution < 1.29 is 28.3 Å². The minimum atomic E-state index is -0.848. The third kappa shape index (κ3) is 4.96. The first-order valence-corrected chi connectivity index (χ1v) is 9.24. The standard InChI is InChI=1S/C20H16N2O6S/c1-27-20(26)12-4-6-13(7-5-12)22-19(25)18(24)21-11-14-8-9-16(29-14)17(23)15-3-2-10-28-15/h2-10H,11H2,1H3,(H,21,24)(H,22,25). The number of anilines is 1. The van der Waals surface area contributed by atoms with E-state index in [1.807, 2.05) is 0 Å². The van der Waals surface area contributed by atoms with Crippen molar-refractivity contribution >= 4 is 40.6 Å². The summed E-state index contributed by atoms with van der Waals surface area (Å²) < 4.78 is 9.67. The maximum atomic E-state index is 12.2. The van der Waals surface area contributed by atoms with E-state index in [0.29, 0.717) is 21.0 Å². The van der Waals surface area contributed by atoms with Crippen LogP contribution in [0.4, 0.5) is 5.69 Å². The van der Waals surface area contributed by atoms with Crippen LogP contribution in [0, 0.1) is 0 Å². The zero-order chi connectivity index (χ0) is 20.8. The van der Waals surface area contributed by atoms with Gasteiger partial charge in [0.05, 0.1) is 30.4 Å². The highest BCUT2D eigenvalue weighted by Gasteiger charge is 2.17. The summed E-state index contributed by atoms with van der Waals surface area (Å²) in [6.45, 7) is 0.101. The Kier molecular flexibility index (Phi) is 6.20. The average Bonchev–Trinajstić information content (AvgIpc) is 3.43. The molecule has 0 saturated heterocycles. The molecule has 3 rings (SSSR count). The second kappa shape index (κ2) is 8.98. The molecule has 29 heavy (non-hydrogen) atoms. The van der Waals surface area contributed by atoms with Gasteiger partial charge in [-0.15, -0.1) is 11.3 Å². The van der Waals surface area contributed by atoms with Crippen molar-refractivity contribution in [1.29, 1.82) is 0 Å².